The van der Waals surface area contributed by atoms with Crippen molar-refractivity contribution in [3.8, 4) is 11.5 Å². The normalized spacial score (nSPS) is 12.3. The number of hydrogen-bond donors (Lipinski definition) is 0. The van der Waals surface area contributed by atoms with Crippen LogP contribution in [0.2, 0.25) is 0 Å². The molecule has 0 heterocycles. The first-order valence-electron chi connectivity index (χ1n) is 9.07. The lowest BCUT2D eigenvalue weighted by atomic mass is 10.1. The van der Waals surface area contributed by atoms with Gasteiger partial charge in [0.25, 0.3) is 0 Å². The largest absolute Gasteiger partial charge is 0.382 e. The van der Waals surface area contributed by atoms with Gasteiger partial charge in [-0.3, -0.25) is 4.79 Å². The van der Waals surface area contributed by atoms with Crippen molar-refractivity contribution in [1.82, 2.24) is 0 Å². The van der Waals surface area contributed by atoms with Crippen molar-refractivity contribution >= 4 is 38.2 Å². The number of carbonyl (C=O) groups excluding carboxylic acids is 1. The predicted octanol–water partition coefficient (Wildman–Crippen LogP) is 3.44. The second-order valence-electron chi connectivity index (χ2n) is 6.07. The summed E-state index contributed by atoms with van der Waals surface area (Å²) in [7, 11) is -7.25. The molecule has 0 bridgehead atoms. The van der Waals surface area contributed by atoms with E-state index in [4.69, 9.17) is 8.37 Å². The van der Waals surface area contributed by atoms with E-state index in [2.05, 4.69) is 0 Å². The van der Waals surface area contributed by atoms with Gasteiger partial charge in [0.2, 0.25) is 0 Å². The summed E-state index contributed by atoms with van der Waals surface area (Å²) < 4.78 is 56.0. The van der Waals surface area contributed by atoms with Crippen LogP contribution in [-0.2, 0) is 25.0 Å². The number of allylic oxidation sites excluding steroid dienone is 2. The lowest BCUT2D eigenvalue weighted by molar-refractivity contribution is -0.110. The quantitative estimate of drug-likeness (QED) is 0.403. The fourth-order valence-electron chi connectivity index (χ4n) is 2.16. The molecule has 0 aromatic heterocycles. The molecule has 0 aliphatic heterocycles. The van der Waals surface area contributed by atoms with Crippen molar-refractivity contribution in [3.05, 3.63) is 71.8 Å². The molecule has 0 atom stereocenters. The van der Waals surface area contributed by atoms with Crippen molar-refractivity contribution in [2.24, 2.45) is 0 Å². The average Bonchev–Trinajstić information content (AvgIpc) is 2.71. The lowest BCUT2D eigenvalue weighted by Crippen LogP contribution is -2.11. The Balaban J connectivity index is 2.05. The molecule has 0 fully saturated rings. The molecule has 0 aliphatic rings. The minimum absolute atomic E-state index is 0.146. The second kappa shape index (κ2) is 10.2. The maximum absolute atomic E-state index is 12.1. The lowest BCUT2D eigenvalue weighted by Gasteiger charge is -2.05. The molecular weight excluding hydrogens is 428 g/mol. The maximum atomic E-state index is 12.1. The smallest absolute Gasteiger partial charge is 0.308 e. The van der Waals surface area contributed by atoms with E-state index in [1.807, 2.05) is 0 Å². The molecule has 0 amide bonds. The molecule has 0 radical (unpaired) electrons. The Labute approximate surface area is 176 Å². The average molecular weight is 451 g/mol. The highest BCUT2D eigenvalue weighted by molar-refractivity contribution is 7.87. The fourth-order valence-corrected chi connectivity index (χ4v) is 3.19. The summed E-state index contributed by atoms with van der Waals surface area (Å²) in [6, 6.07) is 12.7. The number of benzene rings is 2. The van der Waals surface area contributed by atoms with E-state index in [-0.39, 0.29) is 28.8 Å². The summed E-state index contributed by atoms with van der Waals surface area (Å²) in [6.45, 7) is 2.96. The number of ketones is 1. The van der Waals surface area contributed by atoms with Crippen LogP contribution in [0.4, 0.5) is 0 Å². The maximum Gasteiger partial charge on any atom is 0.308 e. The summed E-state index contributed by atoms with van der Waals surface area (Å²) in [5.41, 5.74) is 1.20. The number of carbonyl (C=O) groups is 1. The summed E-state index contributed by atoms with van der Waals surface area (Å²) in [5.74, 6) is -0.267. The molecule has 30 heavy (non-hydrogen) atoms. The zero-order valence-electron chi connectivity index (χ0n) is 16.5. The number of hydrogen-bond acceptors (Lipinski definition) is 7. The summed E-state index contributed by atoms with van der Waals surface area (Å²) in [6.07, 6.45) is 5.72. The van der Waals surface area contributed by atoms with E-state index < -0.39 is 20.2 Å². The van der Waals surface area contributed by atoms with Crippen molar-refractivity contribution in [3.63, 3.8) is 0 Å². The van der Waals surface area contributed by atoms with Gasteiger partial charge >= 0.3 is 20.2 Å². The Morgan fingerprint density at radius 2 is 1.17 bits per heavy atom. The zero-order chi connectivity index (χ0) is 22.2. The van der Waals surface area contributed by atoms with Gasteiger partial charge in [0.1, 0.15) is 11.5 Å². The molecule has 2 rings (SSSR count). The topological polar surface area (TPSA) is 104 Å². The SMILES string of the molecule is CCS(=O)(=O)Oc1cccc(/C=C/C(=O)/C=C/c2cccc(OS(=O)(=O)CC)c2)c1. The minimum atomic E-state index is -3.63. The molecule has 0 saturated heterocycles. The van der Waals surface area contributed by atoms with Crippen LogP contribution in [0.1, 0.15) is 25.0 Å². The first kappa shape index (κ1) is 23.4. The molecule has 2 aromatic carbocycles. The van der Waals surface area contributed by atoms with Gasteiger partial charge in [-0.25, -0.2) is 0 Å². The molecule has 0 N–H and O–H groups in total. The van der Waals surface area contributed by atoms with Crippen LogP contribution in [0, 0.1) is 0 Å². The molecular formula is C21H22O7S2. The van der Waals surface area contributed by atoms with E-state index in [0.717, 1.165) is 0 Å². The van der Waals surface area contributed by atoms with Crippen molar-refractivity contribution in [2.75, 3.05) is 11.5 Å². The van der Waals surface area contributed by atoms with Crippen LogP contribution >= 0.6 is 0 Å². The summed E-state index contributed by atoms with van der Waals surface area (Å²) in [4.78, 5) is 12.1. The van der Waals surface area contributed by atoms with Crippen molar-refractivity contribution < 1.29 is 30.0 Å². The Morgan fingerprint density at radius 3 is 1.53 bits per heavy atom. The van der Waals surface area contributed by atoms with Gasteiger partial charge < -0.3 is 8.37 Å². The van der Waals surface area contributed by atoms with Crippen LogP contribution < -0.4 is 8.37 Å². The first-order valence-corrected chi connectivity index (χ1v) is 12.2. The Hall–Kier alpha value is -2.91. The molecule has 7 nitrogen and oxygen atoms in total. The van der Waals surface area contributed by atoms with Crippen molar-refractivity contribution in [2.45, 2.75) is 13.8 Å². The van der Waals surface area contributed by atoms with E-state index in [1.165, 1.54) is 62.4 Å². The number of rotatable bonds is 10. The summed E-state index contributed by atoms with van der Waals surface area (Å²) >= 11 is 0. The van der Waals surface area contributed by atoms with Crippen LogP contribution in [0.5, 0.6) is 11.5 Å². The van der Waals surface area contributed by atoms with Crippen LogP contribution in [0.25, 0.3) is 12.2 Å². The monoisotopic (exact) mass is 450 g/mol. The summed E-state index contributed by atoms with van der Waals surface area (Å²) in [5, 5.41) is 0. The highest BCUT2D eigenvalue weighted by Gasteiger charge is 2.10. The van der Waals surface area contributed by atoms with Gasteiger partial charge in [0.05, 0.1) is 11.5 Å². The highest BCUT2D eigenvalue weighted by Crippen LogP contribution is 2.18. The van der Waals surface area contributed by atoms with E-state index in [9.17, 15) is 21.6 Å². The first-order chi connectivity index (χ1) is 14.1. The Bertz CT molecular complexity index is 1070. The molecule has 0 spiro atoms. The van der Waals surface area contributed by atoms with Gasteiger partial charge in [-0.15, -0.1) is 0 Å². The molecule has 2 aromatic rings. The highest BCUT2D eigenvalue weighted by atomic mass is 32.2. The van der Waals surface area contributed by atoms with Gasteiger partial charge in [-0.1, -0.05) is 36.4 Å². The van der Waals surface area contributed by atoms with Crippen molar-refractivity contribution in [1.29, 1.82) is 0 Å². The van der Waals surface area contributed by atoms with E-state index in [0.29, 0.717) is 11.1 Å². The van der Waals surface area contributed by atoms with Gasteiger partial charge in [-0.2, -0.15) is 16.8 Å². The third-order valence-corrected chi connectivity index (χ3v) is 6.06. The standard InChI is InChI=1S/C21H22O7S2/c1-3-29(23,24)27-20-9-5-7-17(15-20)11-13-19(22)14-12-18-8-6-10-21(16-18)28-30(25,26)4-2/h5-16H,3-4H2,1-2H3/b13-11+,14-12+. The van der Waals surface area contributed by atoms with Gasteiger partial charge in [0, 0.05) is 0 Å². The van der Waals surface area contributed by atoms with Crippen LogP contribution in [0.15, 0.2) is 60.7 Å². The fraction of sp³-hybridized carbons (Fsp3) is 0.190. The van der Waals surface area contributed by atoms with E-state index in [1.54, 1.807) is 24.3 Å². The minimum Gasteiger partial charge on any atom is -0.382 e. The van der Waals surface area contributed by atoms with Crippen LogP contribution in [-0.4, -0.2) is 34.1 Å². The molecule has 9 heteroatoms. The van der Waals surface area contributed by atoms with E-state index >= 15 is 0 Å². The van der Waals surface area contributed by atoms with Gasteiger partial charge in [0.15, 0.2) is 5.78 Å². The Morgan fingerprint density at radius 1 is 0.767 bits per heavy atom. The molecule has 0 unspecified atom stereocenters. The second-order valence-corrected chi connectivity index (χ2v) is 9.79. The van der Waals surface area contributed by atoms with Crippen LogP contribution in [0.3, 0.4) is 0 Å². The third kappa shape index (κ3) is 7.84. The predicted molar refractivity (Wildman–Crippen MR) is 116 cm³/mol. The third-order valence-electron chi connectivity index (χ3n) is 3.75. The molecule has 0 aliphatic carbocycles. The van der Waals surface area contributed by atoms with Gasteiger partial charge in [-0.05, 0) is 61.4 Å². The zero-order valence-corrected chi connectivity index (χ0v) is 18.1. The molecule has 160 valence electrons. The molecule has 0 saturated carbocycles. The Kier molecular flexibility index (Phi) is 7.96.